The maximum absolute atomic E-state index is 13.6. The summed E-state index contributed by atoms with van der Waals surface area (Å²) in [6, 6.07) is 0.386. The number of likely N-dealkylation sites (N-methyl/N-ethyl adjacent to an activating group) is 1. The van der Waals surface area contributed by atoms with Crippen LogP contribution in [0.25, 0.3) is 0 Å². The predicted molar refractivity (Wildman–Crippen MR) is 113 cm³/mol. The van der Waals surface area contributed by atoms with Gasteiger partial charge in [-0.15, -0.1) is 0 Å². The van der Waals surface area contributed by atoms with Gasteiger partial charge in [-0.3, -0.25) is 9.69 Å². The van der Waals surface area contributed by atoms with E-state index in [4.69, 9.17) is 15.5 Å². The molecule has 2 N–H and O–H groups in total. The molecular formula is C22H34F2N4O2. The fourth-order valence-electron chi connectivity index (χ4n) is 5.39. The van der Waals surface area contributed by atoms with E-state index in [0.717, 1.165) is 37.8 Å². The van der Waals surface area contributed by atoms with Gasteiger partial charge in [0.1, 0.15) is 5.76 Å². The van der Waals surface area contributed by atoms with E-state index in [1.807, 2.05) is 13.0 Å². The standard InChI is InChI=1S/C22H34F2N4O2/c1-6-7-17-12-15(8-9-27(17)4)22(19(29)28(5)21(25)26-22)16-10-13(2)18(14(3)11-16)30-20(23)24/h10,14-15,17,20H,6-9,11-12H2,1-5H3,(H2,25,26). The van der Waals surface area contributed by atoms with Gasteiger partial charge in [-0.25, -0.2) is 4.99 Å². The van der Waals surface area contributed by atoms with Crippen LogP contribution in [0.2, 0.25) is 0 Å². The number of piperidine rings is 1. The molecule has 0 spiro atoms. The predicted octanol–water partition coefficient (Wildman–Crippen LogP) is 3.50. The number of hydrogen-bond acceptors (Lipinski definition) is 5. The summed E-state index contributed by atoms with van der Waals surface area (Å²) < 4.78 is 30.5. The van der Waals surface area contributed by atoms with Crippen LogP contribution >= 0.6 is 0 Å². The van der Waals surface area contributed by atoms with Crippen molar-refractivity contribution in [1.29, 1.82) is 0 Å². The molecule has 0 aromatic heterocycles. The second-order valence-corrected chi connectivity index (χ2v) is 8.95. The molecule has 0 bridgehead atoms. The van der Waals surface area contributed by atoms with Crippen molar-refractivity contribution in [2.45, 2.75) is 71.1 Å². The maximum Gasteiger partial charge on any atom is 0.387 e. The summed E-state index contributed by atoms with van der Waals surface area (Å²) in [6.45, 7) is 3.80. The lowest BCUT2D eigenvalue weighted by atomic mass is 9.67. The average Bonchev–Trinajstić information content (AvgIpc) is 2.91. The van der Waals surface area contributed by atoms with Gasteiger partial charge in [0.25, 0.3) is 5.91 Å². The first kappa shape index (κ1) is 22.7. The normalized spacial score (nSPS) is 33.3. The van der Waals surface area contributed by atoms with Crippen molar-refractivity contribution in [3.63, 3.8) is 0 Å². The topological polar surface area (TPSA) is 71.2 Å². The Hall–Kier alpha value is -1.96. The van der Waals surface area contributed by atoms with Gasteiger partial charge in [-0.2, -0.15) is 8.78 Å². The third-order valence-electron chi connectivity index (χ3n) is 6.95. The zero-order valence-electron chi connectivity index (χ0n) is 18.6. The summed E-state index contributed by atoms with van der Waals surface area (Å²) in [7, 11) is 3.79. The van der Waals surface area contributed by atoms with Crippen molar-refractivity contribution in [2.75, 3.05) is 20.6 Å². The number of nitrogens with two attached hydrogens (primary N) is 1. The van der Waals surface area contributed by atoms with E-state index in [1.165, 1.54) is 4.90 Å². The van der Waals surface area contributed by atoms with E-state index in [2.05, 4.69) is 18.9 Å². The van der Waals surface area contributed by atoms with Gasteiger partial charge in [0.15, 0.2) is 11.5 Å². The lowest BCUT2D eigenvalue weighted by Gasteiger charge is -2.45. The first-order chi connectivity index (χ1) is 14.1. The first-order valence-corrected chi connectivity index (χ1v) is 10.8. The molecule has 6 nitrogen and oxygen atoms in total. The second-order valence-electron chi connectivity index (χ2n) is 8.95. The minimum atomic E-state index is -2.86. The van der Waals surface area contributed by atoms with Crippen molar-refractivity contribution in [3.8, 4) is 0 Å². The first-order valence-electron chi connectivity index (χ1n) is 10.8. The summed E-state index contributed by atoms with van der Waals surface area (Å²) in [6.07, 6.45) is 6.10. The van der Waals surface area contributed by atoms with Gasteiger partial charge in [-0.05, 0) is 63.3 Å². The van der Waals surface area contributed by atoms with Gasteiger partial charge < -0.3 is 15.4 Å². The number of halogens is 2. The van der Waals surface area contributed by atoms with Crippen molar-refractivity contribution < 1.29 is 18.3 Å². The van der Waals surface area contributed by atoms with Crippen LogP contribution in [0.5, 0.6) is 0 Å². The highest BCUT2D eigenvalue weighted by Gasteiger charge is 2.56. The monoisotopic (exact) mass is 424 g/mol. The quantitative estimate of drug-likeness (QED) is 0.708. The lowest BCUT2D eigenvalue weighted by Crippen LogP contribution is -2.53. The van der Waals surface area contributed by atoms with E-state index < -0.39 is 12.2 Å². The minimum absolute atomic E-state index is 0.0186. The van der Waals surface area contributed by atoms with Crippen LogP contribution in [0, 0.1) is 11.8 Å². The molecule has 0 radical (unpaired) electrons. The molecule has 3 aliphatic rings. The molecule has 30 heavy (non-hydrogen) atoms. The Balaban J connectivity index is 2.05. The molecule has 4 unspecified atom stereocenters. The Morgan fingerprint density at radius 2 is 2.10 bits per heavy atom. The molecule has 0 saturated carbocycles. The van der Waals surface area contributed by atoms with Gasteiger partial charge in [0.2, 0.25) is 0 Å². The fraction of sp³-hybridized carbons (Fsp3) is 0.727. The van der Waals surface area contributed by atoms with Gasteiger partial charge >= 0.3 is 6.61 Å². The highest BCUT2D eigenvalue weighted by Crippen LogP contribution is 2.47. The highest BCUT2D eigenvalue weighted by atomic mass is 19.3. The van der Waals surface area contributed by atoms with Gasteiger partial charge in [0, 0.05) is 19.0 Å². The van der Waals surface area contributed by atoms with Gasteiger partial charge in [-0.1, -0.05) is 26.3 Å². The number of carbonyl (C=O) groups excluding carboxylic acids is 1. The molecule has 168 valence electrons. The number of nitrogens with zero attached hydrogens (tertiary/aromatic N) is 3. The Bertz CT molecular complexity index is 779. The van der Waals surface area contributed by atoms with Gasteiger partial charge in [0.05, 0.1) is 0 Å². The molecule has 8 heteroatoms. The number of likely N-dealkylation sites (tertiary alicyclic amines) is 1. The molecule has 3 rings (SSSR count). The number of aliphatic imine (C=N–C) groups is 1. The summed E-state index contributed by atoms with van der Waals surface area (Å²) >= 11 is 0. The van der Waals surface area contributed by atoms with E-state index >= 15 is 0 Å². The molecule has 4 atom stereocenters. The van der Waals surface area contributed by atoms with E-state index in [1.54, 1.807) is 14.0 Å². The van der Waals surface area contributed by atoms with Crippen molar-refractivity contribution >= 4 is 11.9 Å². The van der Waals surface area contributed by atoms with Crippen LogP contribution in [0.4, 0.5) is 8.78 Å². The van der Waals surface area contributed by atoms with Crippen molar-refractivity contribution in [3.05, 3.63) is 23.0 Å². The Kier molecular flexibility index (Phi) is 6.55. The zero-order valence-corrected chi connectivity index (χ0v) is 18.6. The van der Waals surface area contributed by atoms with E-state index in [-0.39, 0.29) is 29.5 Å². The number of alkyl halides is 2. The van der Waals surface area contributed by atoms with E-state index in [0.29, 0.717) is 18.0 Å². The molecule has 1 aliphatic carbocycles. The number of allylic oxidation sites excluding steroid dienone is 3. The number of ether oxygens (including phenoxy) is 1. The lowest BCUT2D eigenvalue weighted by molar-refractivity contribution is -0.132. The third-order valence-corrected chi connectivity index (χ3v) is 6.95. The Morgan fingerprint density at radius 1 is 1.40 bits per heavy atom. The molecule has 2 aliphatic heterocycles. The van der Waals surface area contributed by atoms with Crippen LogP contribution in [0.3, 0.4) is 0 Å². The number of rotatable bonds is 6. The summed E-state index contributed by atoms with van der Waals surface area (Å²) in [5.41, 5.74) is 6.55. The van der Waals surface area contributed by atoms with Crippen molar-refractivity contribution in [1.82, 2.24) is 9.80 Å². The number of guanidine groups is 1. The SMILES string of the molecule is CCCC1CC(C2(C3=CC(C)=C(OC(F)F)C(C)C3)N=C(N)N(C)C2=O)CCN1C. The minimum Gasteiger partial charge on any atom is -0.439 e. The third kappa shape index (κ3) is 3.86. The van der Waals surface area contributed by atoms with Crippen LogP contribution in [-0.2, 0) is 9.53 Å². The summed E-state index contributed by atoms with van der Waals surface area (Å²) in [5.74, 6) is 0.144. The number of carbonyl (C=O) groups is 1. The van der Waals surface area contributed by atoms with E-state index in [9.17, 15) is 13.6 Å². The maximum atomic E-state index is 13.6. The zero-order chi connectivity index (χ0) is 22.2. The van der Waals surface area contributed by atoms with Crippen LogP contribution in [0.15, 0.2) is 28.0 Å². The van der Waals surface area contributed by atoms with Crippen LogP contribution in [-0.4, -0.2) is 60.5 Å². The molecule has 1 amide bonds. The Labute approximate surface area is 177 Å². The van der Waals surface area contributed by atoms with Crippen LogP contribution in [0.1, 0.15) is 52.9 Å². The smallest absolute Gasteiger partial charge is 0.387 e. The molecular weight excluding hydrogens is 390 g/mol. The molecule has 0 aromatic carbocycles. The van der Waals surface area contributed by atoms with Crippen molar-refractivity contribution in [2.24, 2.45) is 22.6 Å². The fourth-order valence-corrected chi connectivity index (χ4v) is 5.39. The molecule has 1 fully saturated rings. The Morgan fingerprint density at radius 3 is 2.63 bits per heavy atom. The summed E-state index contributed by atoms with van der Waals surface area (Å²) in [4.78, 5) is 22.1. The average molecular weight is 425 g/mol. The molecule has 1 saturated heterocycles. The molecule has 0 aromatic rings. The molecule has 2 heterocycles. The largest absolute Gasteiger partial charge is 0.439 e. The number of amides is 1. The summed E-state index contributed by atoms with van der Waals surface area (Å²) in [5, 5.41) is 0. The second kappa shape index (κ2) is 8.65. The number of hydrogen-bond donors (Lipinski definition) is 1. The highest BCUT2D eigenvalue weighted by molar-refractivity contribution is 6.08. The van der Waals surface area contributed by atoms with Crippen LogP contribution < -0.4 is 5.73 Å².